The van der Waals surface area contributed by atoms with Gasteiger partial charge in [0.1, 0.15) is 11.4 Å². The number of hydrogen-bond acceptors (Lipinski definition) is 5. The lowest BCUT2D eigenvalue weighted by atomic mass is 9.92. The van der Waals surface area contributed by atoms with E-state index in [1.807, 2.05) is 0 Å². The molecule has 1 aromatic heterocycles. The standard InChI is InChI=1S/C16H33NO.C13H7BrF3NO3/c1-2-3-4-5-6-7-8-11-14-17-15-12-9-10-13-16(15)18;14-9-5-6-10(12(19)20)18-11(9)7-1-3-8(4-2-7)21-13(15,16)17/h15-18H,2-14H2,1H3;1-6H,(H,19,20)/t15-,16-;/m1./s1. The lowest BCUT2D eigenvalue weighted by molar-refractivity contribution is -0.274. The van der Waals surface area contributed by atoms with Crippen molar-refractivity contribution in [3.63, 3.8) is 0 Å². The highest BCUT2D eigenvalue weighted by Crippen LogP contribution is 2.30. The number of hydrogen-bond donors (Lipinski definition) is 3. The maximum absolute atomic E-state index is 12.1. The first-order valence-corrected chi connectivity index (χ1v) is 14.6. The zero-order valence-electron chi connectivity index (χ0n) is 22.5. The van der Waals surface area contributed by atoms with Crippen molar-refractivity contribution in [3.05, 3.63) is 46.6 Å². The Morgan fingerprint density at radius 1 is 1.00 bits per heavy atom. The monoisotopic (exact) mass is 616 g/mol. The molecule has 10 heteroatoms. The van der Waals surface area contributed by atoms with E-state index < -0.39 is 12.3 Å². The maximum Gasteiger partial charge on any atom is 0.573 e. The number of pyridine rings is 1. The number of unbranched alkanes of at least 4 members (excludes halogenated alkanes) is 7. The van der Waals surface area contributed by atoms with Crippen LogP contribution in [0.25, 0.3) is 11.3 Å². The number of nitrogens with one attached hydrogen (secondary N) is 1. The fourth-order valence-electron chi connectivity index (χ4n) is 4.47. The van der Waals surface area contributed by atoms with Crippen molar-refractivity contribution in [2.45, 2.75) is 102 Å². The minimum atomic E-state index is -4.76. The first kappa shape index (κ1) is 33.0. The van der Waals surface area contributed by atoms with Crippen LogP contribution in [0.15, 0.2) is 40.9 Å². The van der Waals surface area contributed by atoms with Crippen molar-refractivity contribution < 1.29 is 32.9 Å². The summed E-state index contributed by atoms with van der Waals surface area (Å²) in [5.74, 6) is -1.56. The van der Waals surface area contributed by atoms with Crippen LogP contribution in [0.3, 0.4) is 0 Å². The van der Waals surface area contributed by atoms with E-state index in [2.05, 4.69) is 37.9 Å². The number of carboxylic acid groups (broad SMARTS) is 1. The molecule has 0 spiro atoms. The van der Waals surface area contributed by atoms with Gasteiger partial charge in [0, 0.05) is 16.1 Å². The smallest absolute Gasteiger partial charge is 0.477 e. The third kappa shape index (κ3) is 13.2. The summed E-state index contributed by atoms with van der Waals surface area (Å²) in [6, 6.07) is 8.18. The van der Waals surface area contributed by atoms with E-state index >= 15 is 0 Å². The summed E-state index contributed by atoms with van der Waals surface area (Å²) in [7, 11) is 0. The fourth-order valence-corrected chi connectivity index (χ4v) is 4.92. The number of carbonyl (C=O) groups is 1. The molecule has 2 aromatic rings. The van der Waals surface area contributed by atoms with Gasteiger partial charge in [-0.25, -0.2) is 9.78 Å². The summed E-state index contributed by atoms with van der Waals surface area (Å²) < 4.78 is 40.5. The van der Waals surface area contributed by atoms with Crippen LogP contribution in [-0.2, 0) is 0 Å². The molecule has 1 aromatic carbocycles. The number of halogens is 4. The quantitative estimate of drug-likeness (QED) is 0.197. The van der Waals surface area contributed by atoms with Gasteiger partial charge in [-0.1, -0.05) is 64.7 Å². The van der Waals surface area contributed by atoms with Gasteiger partial charge in [0.2, 0.25) is 0 Å². The van der Waals surface area contributed by atoms with Crippen LogP contribution in [0.2, 0.25) is 0 Å². The topological polar surface area (TPSA) is 91.7 Å². The number of benzene rings is 1. The highest BCUT2D eigenvalue weighted by molar-refractivity contribution is 9.10. The number of nitrogens with zero attached hydrogens (tertiary/aromatic N) is 1. The van der Waals surface area contributed by atoms with Gasteiger partial charge < -0.3 is 20.3 Å². The first-order chi connectivity index (χ1) is 18.6. The number of aromatic carboxylic acids is 1. The lowest BCUT2D eigenvalue weighted by Gasteiger charge is -2.28. The molecule has 0 saturated heterocycles. The van der Waals surface area contributed by atoms with E-state index in [4.69, 9.17) is 5.11 Å². The predicted octanol–water partition coefficient (Wildman–Crippen LogP) is 8.13. The SMILES string of the molecule is CCCCCCCCCCN[C@@H]1CCCC[C@H]1O.O=C(O)c1ccc(Br)c(-c2ccc(OC(F)(F)F)cc2)n1. The largest absolute Gasteiger partial charge is 0.573 e. The number of rotatable bonds is 13. The first-order valence-electron chi connectivity index (χ1n) is 13.8. The average Bonchev–Trinajstić information content (AvgIpc) is 2.89. The van der Waals surface area contributed by atoms with Crippen LogP contribution < -0.4 is 10.1 Å². The van der Waals surface area contributed by atoms with Crippen LogP contribution >= 0.6 is 15.9 Å². The molecule has 0 bridgehead atoms. The Morgan fingerprint density at radius 3 is 2.21 bits per heavy atom. The normalized spacial score (nSPS) is 17.3. The van der Waals surface area contributed by atoms with E-state index in [0.29, 0.717) is 21.8 Å². The van der Waals surface area contributed by atoms with Gasteiger partial charge in [-0.3, -0.25) is 0 Å². The summed E-state index contributed by atoms with van der Waals surface area (Å²) in [6.07, 6.45) is 10.8. The second-order valence-electron chi connectivity index (χ2n) is 9.79. The van der Waals surface area contributed by atoms with Crippen molar-refractivity contribution in [2.24, 2.45) is 0 Å². The third-order valence-electron chi connectivity index (χ3n) is 6.59. The van der Waals surface area contributed by atoms with Crippen molar-refractivity contribution in [1.29, 1.82) is 0 Å². The van der Waals surface area contributed by atoms with Crippen LogP contribution in [0, 0.1) is 0 Å². The van der Waals surface area contributed by atoms with Gasteiger partial charge in [0.05, 0.1) is 11.8 Å². The van der Waals surface area contributed by atoms with Gasteiger partial charge >= 0.3 is 12.3 Å². The molecule has 1 aliphatic rings. The Labute approximate surface area is 237 Å². The molecule has 1 aliphatic carbocycles. The van der Waals surface area contributed by atoms with Gasteiger partial charge in [-0.15, -0.1) is 13.2 Å². The van der Waals surface area contributed by atoms with E-state index in [9.17, 15) is 23.1 Å². The van der Waals surface area contributed by atoms with Gasteiger partial charge in [-0.2, -0.15) is 0 Å². The summed E-state index contributed by atoms with van der Waals surface area (Å²) in [6.45, 7) is 3.36. The van der Waals surface area contributed by atoms with Crippen LogP contribution in [0.1, 0.15) is 94.5 Å². The average molecular weight is 618 g/mol. The van der Waals surface area contributed by atoms with Crippen LogP contribution in [0.5, 0.6) is 5.75 Å². The summed E-state index contributed by atoms with van der Waals surface area (Å²) in [4.78, 5) is 14.8. The predicted molar refractivity (Wildman–Crippen MR) is 150 cm³/mol. The van der Waals surface area contributed by atoms with Crippen molar-refractivity contribution >= 4 is 21.9 Å². The van der Waals surface area contributed by atoms with Gasteiger partial charge in [-0.05, 0) is 78.1 Å². The van der Waals surface area contributed by atoms with Crippen LogP contribution in [-0.4, -0.2) is 46.2 Å². The molecule has 0 amide bonds. The summed E-state index contributed by atoms with van der Waals surface area (Å²) in [5, 5.41) is 22.3. The molecule has 1 fully saturated rings. The second-order valence-corrected chi connectivity index (χ2v) is 10.6. The van der Waals surface area contributed by atoms with Crippen molar-refractivity contribution in [1.82, 2.24) is 10.3 Å². The molecule has 6 nitrogen and oxygen atoms in total. The molecule has 2 atom stereocenters. The third-order valence-corrected chi connectivity index (χ3v) is 7.23. The lowest BCUT2D eigenvalue weighted by Crippen LogP contribution is -2.42. The van der Waals surface area contributed by atoms with E-state index in [1.54, 1.807) is 0 Å². The Morgan fingerprint density at radius 2 is 1.62 bits per heavy atom. The Bertz CT molecular complexity index is 989. The molecule has 0 radical (unpaired) electrons. The van der Waals surface area contributed by atoms with Crippen LogP contribution in [0.4, 0.5) is 13.2 Å². The second kappa shape index (κ2) is 17.5. The van der Waals surface area contributed by atoms with E-state index in [0.717, 1.165) is 31.5 Å². The van der Waals surface area contributed by atoms with E-state index in [1.165, 1.54) is 88.5 Å². The number of aliphatic hydroxyl groups is 1. The summed E-state index contributed by atoms with van der Waals surface area (Å²) >= 11 is 3.22. The maximum atomic E-state index is 12.1. The molecule has 1 saturated carbocycles. The zero-order valence-corrected chi connectivity index (χ0v) is 24.1. The minimum absolute atomic E-state index is 0.0900. The fraction of sp³-hybridized carbons (Fsp3) is 0.586. The van der Waals surface area contributed by atoms with Crippen molar-refractivity contribution in [3.8, 4) is 17.0 Å². The molecule has 0 aliphatic heterocycles. The molecule has 1 heterocycles. The van der Waals surface area contributed by atoms with Gasteiger partial charge in [0.15, 0.2) is 0 Å². The Kier molecular flexibility index (Phi) is 14.8. The number of alkyl halides is 3. The minimum Gasteiger partial charge on any atom is -0.477 e. The highest BCUT2D eigenvalue weighted by atomic mass is 79.9. The summed E-state index contributed by atoms with van der Waals surface area (Å²) in [5.41, 5.74) is 0.608. The molecular formula is C29H40BrF3N2O4. The number of carboxylic acids is 1. The molecule has 3 N–H and O–H groups in total. The molecular weight excluding hydrogens is 577 g/mol. The molecule has 218 valence electrons. The number of aliphatic hydroxyl groups excluding tert-OH is 1. The molecule has 39 heavy (non-hydrogen) atoms. The molecule has 0 unspecified atom stereocenters. The Balaban J connectivity index is 0.000000277. The zero-order chi connectivity index (χ0) is 28.7. The van der Waals surface area contributed by atoms with Gasteiger partial charge in [0.25, 0.3) is 0 Å². The Hall–Kier alpha value is -2.17. The molecule has 3 rings (SSSR count). The van der Waals surface area contributed by atoms with Crippen molar-refractivity contribution in [2.75, 3.05) is 6.54 Å². The number of ether oxygens (including phenoxy) is 1. The number of aromatic nitrogens is 1. The highest BCUT2D eigenvalue weighted by Gasteiger charge is 2.31. The van der Waals surface area contributed by atoms with E-state index in [-0.39, 0.29) is 17.5 Å².